The number of ether oxygens (including phenoxy) is 1. The number of carbonyl (C=O) groups is 1. The van der Waals surface area contributed by atoms with E-state index in [1.807, 2.05) is 29.7 Å². The molecule has 0 aliphatic carbocycles. The number of benzene rings is 1. The van der Waals surface area contributed by atoms with Crippen LogP contribution >= 0.6 is 0 Å². The zero-order valence-electron chi connectivity index (χ0n) is 12.7. The van der Waals surface area contributed by atoms with Crippen molar-refractivity contribution in [2.75, 3.05) is 12.8 Å². The number of rotatable bonds is 5. The van der Waals surface area contributed by atoms with Crippen LogP contribution in [0.15, 0.2) is 30.3 Å². The van der Waals surface area contributed by atoms with Crippen LogP contribution in [-0.2, 0) is 11.2 Å². The van der Waals surface area contributed by atoms with Crippen molar-refractivity contribution in [3.8, 4) is 0 Å². The van der Waals surface area contributed by atoms with Gasteiger partial charge in [-0.15, -0.1) is 0 Å². The molecule has 2 rings (SSSR count). The monoisotopic (exact) mass is 287 g/mol. The van der Waals surface area contributed by atoms with Crippen molar-refractivity contribution in [2.45, 2.75) is 32.7 Å². The summed E-state index contributed by atoms with van der Waals surface area (Å²) in [5.74, 6) is 0.609. The van der Waals surface area contributed by atoms with Gasteiger partial charge in [-0.05, 0) is 32.3 Å². The van der Waals surface area contributed by atoms with E-state index in [-0.39, 0.29) is 11.7 Å². The van der Waals surface area contributed by atoms with Crippen molar-refractivity contribution in [1.29, 1.82) is 0 Å². The molecule has 0 radical (unpaired) electrons. The molecule has 1 heterocycles. The van der Waals surface area contributed by atoms with Crippen LogP contribution in [0.4, 0.5) is 5.82 Å². The summed E-state index contributed by atoms with van der Waals surface area (Å²) >= 11 is 0. The molecular weight excluding hydrogens is 266 g/mol. The highest BCUT2D eigenvalue weighted by molar-refractivity contribution is 5.92. The number of nitrogens with two attached hydrogens (primary N) is 1. The third kappa shape index (κ3) is 3.24. The third-order valence-corrected chi connectivity index (χ3v) is 3.64. The lowest BCUT2D eigenvalue weighted by Crippen LogP contribution is -2.13. The summed E-state index contributed by atoms with van der Waals surface area (Å²) in [6.45, 7) is 3.93. The van der Waals surface area contributed by atoms with Crippen LogP contribution in [0.2, 0.25) is 0 Å². The van der Waals surface area contributed by atoms with Gasteiger partial charge in [0.25, 0.3) is 0 Å². The van der Waals surface area contributed by atoms with Crippen LogP contribution in [0.25, 0.3) is 0 Å². The van der Waals surface area contributed by atoms with E-state index in [0.29, 0.717) is 5.82 Å². The van der Waals surface area contributed by atoms with E-state index >= 15 is 0 Å². The molecule has 21 heavy (non-hydrogen) atoms. The highest BCUT2D eigenvalue weighted by atomic mass is 16.5. The first-order valence-electron chi connectivity index (χ1n) is 7.01. The summed E-state index contributed by atoms with van der Waals surface area (Å²) in [6, 6.07) is 10.5. The highest BCUT2D eigenvalue weighted by Crippen LogP contribution is 2.24. The Kier molecular flexibility index (Phi) is 4.62. The van der Waals surface area contributed by atoms with Gasteiger partial charge in [-0.3, -0.25) is 0 Å². The summed E-state index contributed by atoms with van der Waals surface area (Å²) in [4.78, 5) is 15.8. The number of hydrogen-bond donors (Lipinski definition) is 1. The van der Waals surface area contributed by atoms with Crippen LogP contribution < -0.4 is 5.73 Å². The van der Waals surface area contributed by atoms with Gasteiger partial charge >= 0.3 is 5.97 Å². The average molecular weight is 287 g/mol. The van der Waals surface area contributed by atoms with Gasteiger partial charge in [-0.2, -0.15) is 0 Å². The Hall–Kier alpha value is -2.30. The number of anilines is 1. The van der Waals surface area contributed by atoms with Crippen LogP contribution in [0.5, 0.6) is 0 Å². The first-order chi connectivity index (χ1) is 10.0. The van der Waals surface area contributed by atoms with Gasteiger partial charge < -0.3 is 15.0 Å². The lowest BCUT2D eigenvalue weighted by molar-refractivity contribution is 0.0595. The molecule has 112 valence electrons. The quantitative estimate of drug-likeness (QED) is 0.858. The Morgan fingerprint density at radius 1 is 1.38 bits per heavy atom. The molecule has 0 aliphatic rings. The molecule has 2 aromatic rings. The Morgan fingerprint density at radius 2 is 2.05 bits per heavy atom. The molecule has 5 heteroatoms. The van der Waals surface area contributed by atoms with Gasteiger partial charge in [0.1, 0.15) is 11.6 Å². The summed E-state index contributed by atoms with van der Waals surface area (Å²) in [5.41, 5.74) is 7.53. The highest BCUT2D eigenvalue weighted by Gasteiger charge is 2.21. The maximum absolute atomic E-state index is 11.6. The van der Waals surface area contributed by atoms with Gasteiger partial charge in [-0.25, -0.2) is 9.78 Å². The molecule has 0 saturated heterocycles. The number of nitrogen functional groups attached to an aromatic ring is 1. The maximum Gasteiger partial charge on any atom is 0.360 e. The zero-order chi connectivity index (χ0) is 15.4. The summed E-state index contributed by atoms with van der Waals surface area (Å²) in [6.07, 6.45) is 1.87. The standard InChI is InChI=1S/C16H21N3O2/c1-11(9-10-13-7-5-4-6-8-13)19-12(2)18-14(15(19)17)16(20)21-3/h4-8,11H,9-10,17H2,1-3H3. The Labute approximate surface area is 124 Å². The lowest BCUT2D eigenvalue weighted by atomic mass is 10.1. The minimum absolute atomic E-state index is 0.163. The van der Waals surface area contributed by atoms with Gasteiger partial charge in [0.2, 0.25) is 0 Å². The second kappa shape index (κ2) is 6.43. The summed E-state index contributed by atoms with van der Waals surface area (Å²) < 4.78 is 6.60. The van der Waals surface area contributed by atoms with E-state index in [9.17, 15) is 4.79 Å². The molecule has 0 bridgehead atoms. The molecule has 0 fully saturated rings. The normalized spacial score (nSPS) is 12.1. The van der Waals surface area contributed by atoms with Crippen molar-refractivity contribution >= 4 is 11.8 Å². The second-order valence-electron chi connectivity index (χ2n) is 5.13. The second-order valence-corrected chi connectivity index (χ2v) is 5.13. The minimum atomic E-state index is -0.496. The first kappa shape index (κ1) is 15.1. The number of esters is 1. The lowest BCUT2D eigenvalue weighted by Gasteiger charge is -2.17. The van der Waals surface area contributed by atoms with Crippen molar-refractivity contribution in [1.82, 2.24) is 9.55 Å². The first-order valence-corrected chi connectivity index (χ1v) is 7.01. The Bertz CT molecular complexity index is 620. The fourth-order valence-electron chi connectivity index (χ4n) is 2.51. The number of aryl methyl sites for hydroxylation is 2. The number of methoxy groups -OCH3 is 1. The van der Waals surface area contributed by atoms with E-state index in [4.69, 9.17) is 10.5 Å². The molecule has 0 aliphatic heterocycles. The van der Waals surface area contributed by atoms with Crippen LogP contribution in [0, 0.1) is 6.92 Å². The smallest absolute Gasteiger partial charge is 0.360 e. The number of hydrogen-bond acceptors (Lipinski definition) is 4. The molecule has 0 saturated carbocycles. The Balaban J connectivity index is 2.14. The van der Waals surface area contributed by atoms with E-state index < -0.39 is 5.97 Å². The molecule has 1 atom stereocenters. The predicted octanol–water partition coefficient (Wildman–Crippen LogP) is 2.75. The summed E-state index contributed by atoms with van der Waals surface area (Å²) in [5, 5.41) is 0. The minimum Gasteiger partial charge on any atom is -0.464 e. The van der Waals surface area contributed by atoms with Gasteiger partial charge in [0.05, 0.1) is 7.11 Å². The third-order valence-electron chi connectivity index (χ3n) is 3.64. The van der Waals surface area contributed by atoms with Gasteiger partial charge in [0.15, 0.2) is 5.69 Å². The summed E-state index contributed by atoms with van der Waals surface area (Å²) in [7, 11) is 1.33. The molecule has 1 aromatic heterocycles. The van der Waals surface area contributed by atoms with Crippen LogP contribution in [0.3, 0.4) is 0 Å². The van der Waals surface area contributed by atoms with Crippen molar-refractivity contribution in [3.63, 3.8) is 0 Å². The number of imidazole rings is 1. The van der Waals surface area contributed by atoms with Crippen molar-refractivity contribution in [2.24, 2.45) is 0 Å². The van der Waals surface area contributed by atoms with Gasteiger partial charge in [-0.1, -0.05) is 30.3 Å². The number of carbonyl (C=O) groups excluding carboxylic acids is 1. The fourth-order valence-corrected chi connectivity index (χ4v) is 2.51. The molecule has 1 unspecified atom stereocenters. The fraction of sp³-hybridized carbons (Fsp3) is 0.375. The van der Waals surface area contributed by atoms with Crippen molar-refractivity contribution in [3.05, 3.63) is 47.4 Å². The zero-order valence-corrected chi connectivity index (χ0v) is 12.7. The number of aromatic nitrogens is 2. The van der Waals surface area contributed by atoms with E-state index in [0.717, 1.165) is 18.7 Å². The molecule has 0 amide bonds. The van der Waals surface area contributed by atoms with Crippen molar-refractivity contribution < 1.29 is 9.53 Å². The largest absolute Gasteiger partial charge is 0.464 e. The van der Waals surface area contributed by atoms with Crippen LogP contribution in [-0.4, -0.2) is 22.6 Å². The van der Waals surface area contributed by atoms with Gasteiger partial charge in [0, 0.05) is 6.04 Å². The molecule has 5 nitrogen and oxygen atoms in total. The molecular formula is C16H21N3O2. The Morgan fingerprint density at radius 3 is 2.67 bits per heavy atom. The maximum atomic E-state index is 11.6. The van der Waals surface area contributed by atoms with E-state index in [2.05, 4.69) is 24.0 Å². The van der Waals surface area contributed by atoms with Crippen LogP contribution in [0.1, 0.15) is 41.3 Å². The SMILES string of the molecule is COC(=O)c1nc(C)n(C(C)CCc2ccccc2)c1N. The molecule has 1 aromatic carbocycles. The van der Waals surface area contributed by atoms with E-state index in [1.165, 1.54) is 12.7 Å². The molecule has 0 spiro atoms. The number of nitrogens with zero attached hydrogens (tertiary/aromatic N) is 2. The predicted molar refractivity (Wildman–Crippen MR) is 82.2 cm³/mol. The molecule has 2 N–H and O–H groups in total. The topological polar surface area (TPSA) is 70.1 Å². The average Bonchev–Trinajstić information content (AvgIpc) is 2.80. The van der Waals surface area contributed by atoms with E-state index in [1.54, 1.807) is 0 Å².